The zero-order valence-corrected chi connectivity index (χ0v) is 14.8. The Morgan fingerprint density at radius 2 is 2.17 bits per heavy atom. The summed E-state index contributed by atoms with van der Waals surface area (Å²) in [7, 11) is 0. The zero-order chi connectivity index (χ0) is 16.8. The van der Waals surface area contributed by atoms with E-state index in [1.54, 1.807) is 22.3 Å². The van der Waals surface area contributed by atoms with E-state index in [-0.39, 0.29) is 5.91 Å². The number of nitrogens with zero attached hydrogens (tertiary/aromatic N) is 7. The van der Waals surface area contributed by atoms with Crippen LogP contribution in [0.1, 0.15) is 29.3 Å². The van der Waals surface area contributed by atoms with Crippen LogP contribution in [-0.2, 0) is 17.9 Å². The standard InChI is InChI=1S/C15H23N7OS/c1-13-18-19-14(24-13)10-20-5-3-6-21(9-8-20)15(23)4-2-7-22-12-16-11-17-22/h11-12H,2-10H2,1H3. The first-order valence-electron chi connectivity index (χ1n) is 8.32. The second-order valence-corrected chi connectivity index (χ2v) is 7.25. The maximum Gasteiger partial charge on any atom is 0.222 e. The molecule has 0 aliphatic carbocycles. The van der Waals surface area contributed by atoms with Crippen LogP contribution in [-0.4, -0.2) is 66.8 Å². The summed E-state index contributed by atoms with van der Waals surface area (Å²) in [4.78, 5) is 20.7. The highest BCUT2D eigenvalue weighted by Crippen LogP contribution is 2.13. The molecule has 0 spiro atoms. The first-order chi connectivity index (χ1) is 11.7. The molecule has 1 amide bonds. The van der Waals surface area contributed by atoms with Crippen molar-refractivity contribution in [1.82, 2.24) is 34.8 Å². The Morgan fingerprint density at radius 3 is 2.92 bits per heavy atom. The number of hydrogen-bond acceptors (Lipinski definition) is 7. The Balaban J connectivity index is 1.41. The molecule has 0 aromatic carbocycles. The summed E-state index contributed by atoms with van der Waals surface area (Å²) in [6, 6.07) is 0. The van der Waals surface area contributed by atoms with Crippen LogP contribution in [0.3, 0.4) is 0 Å². The van der Waals surface area contributed by atoms with Crippen LogP contribution in [0.4, 0.5) is 0 Å². The van der Waals surface area contributed by atoms with Crippen molar-refractivity contribution >= 4 is 17.2 Å². The molecule has 0 N–H and O–H groups in total. The highest BCUT2D eigenvalue weighted by molar-refractivity contribution is 7.11. The van der Waals surface area contributed by atoms with E-state index in [1.165, 1.54) is 6.33 Å². The predicted molar refractivity (Wildman–Crippen MR) is 90.4 cm³/mol. The quantitative estimate of drug-likeness (QED) is 0.772. The van der Waals surface area contributed by atoms with Crippen molar-refractivity contribution in [3.63, 3.8) is 0 Å². The topological polar surface area (TPSA) is 80.0 Å². The van der Waals surface area contributed by atoms with Gasteiger partial charge >= 0.3 is 0 Å². The van der Waals surface area contributed by atoms with E-state index in [1.807, 2.05) is 11.8 Å². The second-order valence-electron chi connectivity index (χ2n) is 5.99. The molecule has 0 unspecified atom stereocenters. The van der Waals surface area contributed by atoms with Gasteiger partial charge in [-0.3, -0.25) is 14.4 Å². The highest BCUT2D eigenvalue weighted by atomic mass is 32.1. The maximum absolute atomic E-state index is 12.4. The van der Waals surface area contributed by atoms with E-state index >= 15 is 0 Å². The van der Waals surface area contributed by atoms with Gasteiger partial charge in [-0.15, -0.1) is 21.5 Å². The van der Waals surface area contributed by atoms with E-state index in [0.29, 0.717) is 6.42 Å². The Morgan fingerprint density at radius 1 is 1.25 bits per heavy atom. The molecular weight excluding hydrogens is 326 g/mol. The van der Waals surface area contributed by atoms with Gasteiger partial charge in [-0.05, 0) is 19.8 Å². The smallest absolute Gasteiger partial charge is 0.222 e. The maximum atomic E-state index is 12.4. The lowest BCUT2D eigenvalue weighted by Gasteiger charge is -2.21. The van der Waals surface area contributed by atoms with E-state index in [9.17, 15) is 4.79 Å². The number of carbonyl (C=O) groups excluding carboxylic acids is 1. The van der Waals surface area contributed by atoms with Crippen LogP contribution in [0.2, 0.25) is 0 Å². The minimum absolute atomic E-state index is 0.240. The average Bonchev–Trinajstić information content (AvgIpc) is 3.15. The third kappa shape index (κ3) is 4.81. The molecule has 1 saturated heterocycles. The third-order valence-electron chi connectivity index (χ3n) is 4.11. The normalized spacial score (nSPS) is 16.3. The minimum atomic E-state index is 0.240. The van der Waals surface area contributed by atoms with E-state index in [0.717, 1.165) is 62.1 Å². The fourth-order valence-electron chi connectivity index (χ4n) is 2.87. The molecule has 0 bridgehead atoms. The van der Waals surface area contributed by atoms with Gasteiger partial charge in [0.1, 0.15) is 22.7 Å². The summed E-state index contributed by atoms with van der Waals surface area (Å²) < 4.78 is 1.77. The summed E-state index contributed by atoms with van der Waals surface area (Å²) in [5.41, 5.74) is 0. The van der Waals surface area contributed by atoms with Gasteiger partial charge in [0.25, 0.3) is 0 Å². The fourth-order valence-corrected chi connectivity index (χ4v) is 3.62. The molecule has 24 heavy (non-hydrogen) atoms. The Labute approximate surface area is 145 Å². The lowest BCUT2D eigenvalue weighted by Crippen LogP contribution is -2.35. The number of aryl methyl sites for hydroxylation is 2. The van der Waals surface area contributed by atoms with Crippen LogP contribution < -0.4 is 0 Å². The summed E-state index contributed by atoms with van der Waals surface area (Å²) in [6.07, 6.45) is 5.57. The van der Waals surface area contributed by atoms with Gasteiger partial charge in [0.2, 0.25) is 5.91 Å². The van der Waals surface area contributed by atoms with E-state index in [4.69, 9.17) is 0 Å². The van der Waals surface area contributed by atoms with Crippen LogP contribution in [0.15, 0.2) is 12.7 Å². The summed E-state index contributed by atoms with van der Waals surface area (Å²) in [6.45, 7) is 7.08. The van der Waals surface area contributed by atoms with Crippen molar-refractivity contribution in [1.29, 1.82) is 0 Å². The van der Waals surface area contributed by atoms with Gasteiger partial charge in [-0.1, -0.05) is 0 Å². The van der Waals surface area contributed by atoms with Crippen LogP contribution in [0, 0.1) is 6.92 Å². The van der Waals surface area contributed by atoms with E-state index < -0.39 is 0 Å². The molecule has 1 aliphatic heterocycles. The SMILES string of the molecule is Cc1nnc(CN2CCCN(C(=O)CCCn3cncn3)CC2)s1. The summed E-state index contributed by atoms with van der Waals surface area (Å²) in [5.74, 6) is 0.240. The third-order valence-corrected chi connectivity index (χ3v) is 4.94. The lowest BCUT2D eigenvalue weighted by molar-refractivity contribution is -0.131. The van der Waals surface area contributed by atoms with Crippen LogP contribution in [0.25, 0.3) is 0 Å². The van der Waals surface area contributed by atoms with Gasteiger partial charge in [-0.25, -0.2) is 4.98 Å². The average molecular weight is 349 g/mol. The molecule has 130 valence electrons. The van der Waals surface area contributed by atoms with Crippen molar-refractivity contribution in [2.45, 2.75) is 39.3 Å². The van der Waals surface area contributed by atoms with Gasteiger partial charge in [0.05, 0.1) is 6.54 Å². The minimum Gasteiger partial charge on any atom is -0.341 e. The molecule has 0 radical (unpaired) electrons. The Bertz CT molecular complexity index is 642. The molecule has 3 rings (SSSR count). The highest BCUT2D eigenvalue weighted by Gasteiger charge is 2.19. The number of aromatic nitrogens is 5. The summed E-state index contributed by atoms with van der Waals surface area (Å²) >= 11 is 1.65. The van der Waals surface area contributed by atoms with Crippen molar-refractivity contribution in [3.05, 3.63) is 22.7 Å². The van der Waals surface area contributed by atoms with Crippen LogP contribution >= 0.6 is 11.3 Å². The summed E-state index contributed by atoms with van der Waals surface area (Å²) in [5, 5.41) is 14.4. The molecule has 1 aliphatic rings. The number of amides is 1. The molecule has 8 nitrogen and oxygen atoms in total. The lowest BCUT2D eigenvalue weighted by atomic mass is 10.2. The molecule has 0 atom stereocenters. The van der Waals surface area contributed by atoms with E-state index in [2.05, 4.69) is 25.2 Å². The molecule has 2 aromatic rings. The molecule has 3 heterocycles. The van der Waals surface area contributed by atoms with Gasteiger partial charge in [0.15, 0.2) is 0 Å². The monoisotopic (exact) mass is 349 g/mol. The van der Waals surface area contributed by atoms with Crippen molar-refractivity contribution in [3.8, 4) is 0 Å². The molecular formula is C15H23N7OS. The second kappa shape index (κ2) is 8.29. The van der Waals surface area contributed by atoms with Gasteiger partial charge in [0, 0.05) is 39.1 Å². The molecule has 9 heteroatoms. The Kier molecular flexibility index (Phi) is 5.86. The van der Waals surface area contributed by atoms with Crippen molar-refractivity contribution in [2.24, 2.45) is 0 Å². The van der Waals surface area contributed by atoms with Gasteiger partial charge in [-0.2, -0.15) is 5.10 Å². The Hall–Kier alpha value is -1.87. The molecule has 1 fully saturated rings. The van der Waals surface area contributed by atoms with Crippen molar-refractivity contribution in [2.75, 3.05) is 26.2 Å². The first-order valence-corrected chi connectivity index (χ1v) is 9.14. The molecule has 0 saturated carbocycles. The zero-order valence-electron chi connectivity index (χ0n) is 14.0. The molecule has 2 aromatic heterocycles. The van der Waals surface area contributed by atoms with Crippen LogP contribution in [0.5, 0.6) is 0 Å². The number of hydrogen-bond donors (Lipinski definition) is 0. The largest absolute Gasteiger partial charge is 0.341 e. The number of carbonyl (C=O) groups is 1. The predicted octanol–water partition coefficient (Wildman–Crippen LogP) is 0.953. The van der Waals surface area contributed by atoms with Gasteiger partial charge < -0.3 is 4.90 Å². The fraction of sp³-hybridized carbons (Fsp3) is 0.667. The first kappa shape index (κ1) is 17.0. The van der Waals surface area contributed by atoms with Crippen molar-refractivity contribution < 1.29 is 4.79 Å². The number of rotatable bonds is 6.